The third-order valence-corrected chi connectivity index (χ3v) is 1.32. The summed E-state index contributed by atoms with van der Waals surface area (Å²) in [6, 6.07) is 0. The van der Waals surface area contributed by atoms with E-state index >= 15 is 0 Å². The van der Waals surface area contributed by atoms with Gasteiger partial charge in [0.15, 0.2) is 12.6 Å². The molecular formula is C7H16O4. The Balaban J connectivity index is 0.000000461. The molecule has 1 rings (SSSR count). The lowest BCUT2D eigenvalue weighted by atomic mass is 10.3. The smallest absolute Gasteiger partial charge is 0.162 e. The first-order valence-electron chi connectivity index (χ1n) is 3.72. The highest BCUT2D eigenvalue weighted by atomic mass is 16.7. The zero-order chi connectivity index (χ0) is 8.69. The molecule has 0 aromatic heterocycles. The van der Waals surface area contributed by atoms with Gasteiger partial charge in [-0.05, 0) is 6.42 Å². The Morgan fingerprint density at radius 2 is 2.18 bits per heavy atom. The van der Waals surface area contributed by atoms with E-state index in [2.05, 4.69) is 0 Å². The Hall–Kier alpha value is -0.160. The second-order valence-electron chi connectivity index (χ2n) is 2.09. The monoisotopic (exact) mass is 164 g/mol. The molecular weight excluding hydrogens is 148 g/mol. The van der Waals surface area contributed by atoms with Crippen LogP contribution in [0.2, 0.25) is 0 Å². The quantitative estimate of drug-likeness (QED) is 0.580. The molecule has 0 aliphatic carbocycles. The largest absolute Gasteiger partial charge is 0.400 e. The minimum absolute atomic E-state index is 0.139. The molecule has 0 radical (unpaired) electrons. The fourth-order valence-electron chi connectivity index (χ4n) is 0.593. The van der Waals surface area contributed by atoms with Crippen LogP contribution in [0.4, 0.5) is 0 Å². The summed E-state index contributed by atoms with van der Waals surface area (Å²) in [7, 11) is 1.00. The van der Waals surface area contributed by atoms with E-state index < -0.39 is 6.29 Å². The van der Waals surface area contributed by atoms with E-state index in [1.54, 1.807) is 0 Å². The average molecular weight is 164 g/mol. The first-order valence-corrected chi connectivity index (χ1v) is 3.72. The van der Waals surface area contributed by atoms with E-state index in [1.807, 2.05) is 6.92 Å². The summed E-state index contributed by atoms with van der Waals surface area (Å²) in [5.41, 5.74) is 0. The second kappa shape index (κ2) is 6.54. The Morgan fingerprint density at radius 1 is 1.64 bits per heavy atom. The predicted octanol–water partition coefficient (Wildman–Crippen LogP) is 0.0863. The molecule has 0 spiro atoms. The van der Waals surface area contributed by atoms with Crippen molar-refractivity contribution >= 4 is 0 Å². The van der Waals surface area contributed by atoms with Gasteiger partial charge in [0.1, 0.15) is 0 Å². The molecule has 68 valence electrons. The summed E-state index contributed by atoms with van der Waals surface area (Å²) in [5, 5.41) is 15.9. The van der Waals surface area contributed by atoms with Crippen molar-refractivity contribution in [2.75, 3.05) is 13.7 Å². The van der Waals surface area contributed by atoms with Gasteiger partial charge in [0.25, 0.3) is 0 Å². The van der Waals surface area contributed by atoms with Crippen molar-refractivity contribution < 1.29 is 19.7 Å². The zero-order valence-electron chi connectivity index (χ0n) is 6.99. The molecule has 1 heterocycles. The molecule has 1 aliphatic rings. The first-order chi connectivity index (χ1) is 5.33. The minimum atomic E-state index is -0.643. The van der Waals surface area contributed by atoms with Gasteiger partial charge in [-0.25, -0.2) is 0 Å². The van der Waals surface area contributed by atoms with Gasteiger partial charge in [-0.1, -0.05) is 6.92 Å². The van der Waals surface area contributed by atoms with Crippen molar-refractivity contribution in [3.8, 4) is 0 Å². The fourth-order valence-corrected chi connectivity index (χ4v) is 0.593. The lowest BCUT2D eigenvalue weighted by Crippen LogP contribution is -2.33. The molecule has 11 heavy (non-hydrogen) atoms. The lowest BCUT2D eigenvalue weighted by molar-refractivity contribution is -0.276. The molecule has 2 atom stereocenters. The predicted molar refractivity (Wildman–Crippen MR) is 39.9 cm³/mol. The normalized spacial score (nSPS) is 24.5. The van der Waals surface area contributed by atoms with Crippen molar-refractivity contribution in [1.82, 2.24) is 0 Å². The van der Waals surface area contributed by atoms with E-state index in [4.69, 9.17) is 19.7 Å². The maximum Gasteiger partial charge on any atom is 0.162 e. The molecule has 2 N–H and O–H groups in total. The van der Waals surface area contributed by atoms with Crippen LogP contribution in [0.15, 0.2) is 0 Å². The summed E-state index contributed by atoms with van der Waals surface area (Å²) >= 11 is 0. The van der Waals surface area contributed by atoms with Crippen LogP contribution in [0.1, 0.15) is 19.8 Å². The number of ether oxygens (including phenoxy) is 2. The summed E-state index contributed by atoms with van der Waals surface area (Å²) < 4.78 is 9.89. The number of aliphatic hydroxyl groups excluding tert-OH is 2. The molecule has 1 aliphatic heterocycles. The fraction of sp³-hybridized carbons (Fsp3) is 1.00. The van der Waals surface area contributed by atoms with Gasteiger partial charge in [0.05, 0.1) is 6.61 Å². The maximum atomic E-state index is 8.89. The maximum absolute atomic E-state index is 8.89. The van der Waals surface area contributed by atoms with E-state index in [-0.39, 0.29) is 6.29 Å². The van der Waals surface area contributed by atoms with Crippen molar-refractivity contribution in [1.29, 1.82) is 0 Å². The number of hydrogen-bond acceptors (Lipinski definition) is 4. The molecule has 0 amide bonds. The van der Waals surface area contributed by atoms with Gasteiger partial charge in [-0.15, -0.1) is 0 Å². The molecule has 4 nitrogen and oxygen atoms in total. The average Bonchev–Trinajstić information content (AvgIpc) is 2.00. The summed E-state index contributed by atoms with van der Waals surface area (Å²) in [6.07, 6.45) is 0.756. The summed E-state index contributed by atoms with van der Waals surface area (Å²) in [6.45, 7) is 2.63. The zero-order valence-corrected chi connectivity index (χ0v) is 6.99. The van der Waals surface area contributed by atoms with Gasteiger partial charge in [-0.2, -0.15) is 0 Å². The van der Waals surface area contributed by atoms with Crippen LogP contribution in [-0.2, 0) is 9.47 Å². The third kappa shape index (κ3) is 4.31. The Kier molecular flexibility index (Phi) is 6.45. The van der Waals surface area contributed by atoms with Crippen molar-refractivity contribution in [2.45, 2.75) is 32.3 Å². The molecule has 1 fully saturated rings. The topological polar surface area (TPSA) is 58.9 Å². The molecule has 4 heteroatoms. The van der Waals surface area contributed by atoms with Crippen LogP contribution < -0.4 is 0 Å². The molecule has 1 saturated heterocycles. The lowest BCUT2D eigenvalue weighted by Gasteiger charge is -2.28. The van der Waals surface area contributed by atoms with Crippen LogP contribution >= 0.6 is 0 Å². The van der Waals surface area contributed by atoms with Gasteiger partial charge >= 0.3 is 0 Å². The van der Waals surface area contributed by atoms with Crippen LogP contribution in [0, 0.1) is 0 Å². The molecule has 0 aromatic carbocycles. The molecule has 0 aromatic rings. The summed E-state index contributed by atoms with van der Waals surface area (Å²) in [4.78, 5) is 0. The second-order valence-corrected chi connectivity index (χ2v) is 2.09. The highest BCUT2D eigenvalue weighted by molar-refractivity contribution is 4.55. The van der Waals surface area contributed by atoms with Gasteiger partial charge in [0.2, 0.25) is 0 Å². The molecule has 0 saturated carbocycles. The van der Waals surface area contributed by atoms with Gasteiger partial charge < -0.3 is 19.7 Å². The van der Waals surface area contributed by atoms with E-state index in [9.17, 15) is 0 Å². The first kappa shape index (κ1) is 10.8. The number of aliphatic hydroxyl groups is 2. The third-order valence-electron chi connectivity index (χ3n) is 1.32. The van der Waals surface area contributed by atoms with Crippen molar-refractivity contribution in [3.63, 3.8) is 0 Å². The minimum Gasteiger partial charge on any atom is -0.400 e. The van der Waals surface area contributed by atoms with Gasteiger partial charge in [-0.3, -0.25) is 0 Å². The van der Waals surface area contributed by atoms with Crippen molar-refractivity contribution in [3.05, 3.63) is 0 Å². The Morgan fingerprint density at radius 3 is 2.45 bits per heavy atom. The Labute approximate surface area is 66.7 Å². The number of rotatable bonds is 3. The standard InChI is InChI=1S/C6H12O3.CH4O/c1-2-5(7)9-6-3-4-8-6;1-2/h5-7H,2-4H2,1H3;2H,1H3. The van der Waals surface area contributed by atoms with Crippen molar-refractivity contribution in [2.24, 2.45) is 0 Å². The SMILES string of the molecule is CCC(O)OC1CCO1.CO. The highest BCUT2D eigenvalue weighted by Gasteiger charge is 2.20. The van der Waals surface area contributed by atoms with Crippen LogP contribution in [0.25, 0.3) is 0 Å². The van der Waals surface area contributed by atoms with Crippen LogP contribution in [-0.4, -0.2) is 36.5 Å². The highest BCUT2D eigenvalue weighted by Crippen LogP contribution is 2.14. The molecule has 0 bridgehead atoms. The number of hydrogen-bond donors (Lipinski definition) is 2. The van der Waals surface area contributed by atoms with Gasteiger partial charge in [0, 0.05) is 13.5 Å². The van der Waals surface area contributed by atoms with E-state index in [1.165, 1.54) is 0 Å². The Bertz CT molecular complexity index is 79.8. The van der Waals surface area contributed by atoms with Crippen LogP contribution in [0.5, 0.6) is 0 Å². The van der Waals surface area contributed by atoms with Crippen LogP contribution in [0.3, 0.4) is 0 Å². The molecule has 2 unspecified atom stereocenters. The van der Waals surface area contributed by atoms with E-state index in [0.29, 0.717) is 6.42 Å². The summed E-state index contributed by atoms with van der Waals surface area (Å²) in [5.74, 6) is 0. The van der Waals surface area contributed by atoms with E-state index in [0.717, 1.165) is 20.1 Å².